The van der Waals surface area contributed by atoms with Crippen LogP contribution in [0.4, 0.5) is 0 Å². The first-order chi connectivity index (χ1) is 35.9. The maximum atomic E-state index is 6.69. The highest BCUT2D eigenvalue weighted by atomic mass is 32.1. The lowest BCUT2D eigenvalue weighted by molar-refractivity contribution is 0.661. The summed E-state index contributed by atoms with van der Waals surface area (Å²) in [6.07, 6.45) is 0. The van der Waals surface area contributed by atoms with Crippen molar-refractivity contribution in [2.75, 3.05) is 0 Å². The molecule has 0 saturated heterocycles. The largest absolute Gasteiger partial charge is 0.456 e. The molecular weight excluding hydrogens is 913 g/mol. The molecule has 342 valence electrons. The Kier molecular flexibility index (Phi) is 8.29. The first-order valence-electron chi connectivity index (χ1n) is 24.7. The zero-order valence-electron chi connectivity index (χ0n) is 39.6. The summed E-state index contributed by atoms with van der Waals surface area (Å²) in [7, 11) is 0. The van der Waals surface area contributed by atoms with E-state index in [1.807, 2.05) is 30.3 Å². The van der Waals surface area contributed by atoms with Crippen LogP contribution in [0.15, 0.2) is 215 Å². The van der Waals surface area contributed by atoms with E-state index in [9.17, 15) is 0 Å². The van der Waals surface area contributed by atoms with E-state index in [1.165, 1.54) is 59.5 Å². The van der Waals surface area contributed by atoms with Crippen molar-refractivity contribution >= 4 is 97.2 Å². The van der Waals surface area contributed by atoms with Crippen LogP contribution < -0.4 is 0 Å². The molecule has 0 radical (unpaired) electrons. The zero-order chi connectivity index (χ0) is 48.1. The van der Waals surface area contributed by atoms with Gasteiger partial charge < -0.3 is 13.4 Å². The molecule has 0 N–H and O–H groups in total. The van der Waals surface area contributed by atoms with E-state index < -0.39 is 0 Å². The molecule has 0 bridgehead atoms. The van der Waals surface area contributed by atoms with Gasteiger partial charge in [0.25, 0.3) is 0 Å². The molecule has 0 fully saturated rings. The molecule has 16 rings (SSSR count). The summed E-state index contributed by atoms with van der Waals surface area (Å²) in [6.45, 7) is 4.71. The predicted molar refractivity (Wildman–Crippen MR) is 301 cm³/mol. The van der Waals surface area contributed by atoms with E-state index in [0.29, 0.717) is 17.5 Å². The van der Waals surface area contributed by atoms with Crippen LogP contribution in [0.25, 0.3) is 148 Å². The molecule has 0 saturated carbocycles. The van der Waals surface area contributed by atoms with Gasteiger partial charge in [0.2, 0.25) is 0 Å². The lowest BCUT2D eigenvalue weighted by Gasteiger charge is -2.21. The second-order valence-corrected chi connectivity index (χ2v) is 20.9. The molecule has 73 heavy (non-hydrogen) atoms. The number of thiophene rings is 1. The Morgan fingerprint density at radius 1 is 0.384 bits per heavy atom. The van der Waals surface area contributed by atoms with Gasteiger partial charge in [-0.3, -0.25) is 0 Å². The molecule has 0 atom stereocenters. The fraction of sp³-hybridized carbons (Fsp3) is 0.0455. The van der Waals surface area contributed by atoms with E-state index in [1.54, 1.807) is 11.3 Å². The van der Waals surface area contributed by atoms with E-state index in [2.05, 4.69) is 194 Å². The van der Waals surface area contributed by atoms with Crippen LogP contribution in [0, 0.1) is 0 Å². The highest BCUT2D eigenvalue weighted by Gasteiger charge is 2.36. The van der Waals surface area contributed by atoms with Gasteiger partial charge in [-0.1, -0.05) is 135 Å². The van der Waals surface area contributed by atoms with Crippen molar-refractivity contribution < 1.29 is 8.83 Å². The Morgan fingerprint density at radius 3 is 1.92 bits per heavy atom. The molecule has 0 unspecified atom stereocenters. The van der Waals surface area contributed by atoms with Crippen LogP contribution in [-0.4, -0.2) is 19.5 Å². The second-order valence-electron chi connectivity index (χ2n) is 19.9. The minimum absolute atomic E-state index is 0.127. The van der Waals surface area contributed by atoms with Crippen molar-refractivity contribution in [2.45, 2.75) is 19.3 Å². The highest BCUT2D eigenvalue weighted by molar-refractivity contribution is 7.26. The van der Waals surface area contributed by atoms with Gasteiger partial charge in [0, 0.05) is 80.3 Å². The van der Waals surface area contributed by atoms with Crippen LogP contribution in [0.2, 0.25) is 0 Å². The molecule has 0 aliphatic heterocycles. The number of hydrogen-bond acceptors (Lipinski definition) is 6. The average molecular weight is 953 g/mol. The minimum atomic E-state index is -0.127. The van der Waals surface area contributed by atoms with Gasteiger partial charge in [-0.05, 0) is 118 Å². The van der Waals surface area contributed by atoms with Crippen molar-refractivity contribution in [3.05, 3.63) is 217 Å². The number of hydrogen-bond donors (Lipinski definition) is 0. The summed E-state index contributed by atoms with van der Waals surface area (Å²) >= 11 is 1.77. The van der Waals surface area contributed by atoms with E-state index in [-0.39, 0.29) is 5.41 Å². The topological polar surface area (TPSA) is 69.9 Å². The van der Waals surface area contributed by atoms with Gasteiger partial charge in [0.1, 0.15) is 22.3 Å². The highest BCUT2D eigenvalue weighted by Crippen LogP contribution is 2.51. The van der Waals surface area contributed by atoms with Crippen LogP contribution in [0.3, 0.4) is 0 Å². The number of benzene rings is 10. The zero-order valence-corrected chi connectivity index (χ0v) is 40.5. The second kappa shape index (κ2) is 14.9. The summed E-state index contributed by atoms with van der Waals surface area (Å²) in [6, 6.07) is 73.6. The third-order valence-electron chi connectivity index (χ3n) is 15.5. The van der Waals surface area contributed by atoms with Crippen molar-refractivity contribution in [2.24, 2.45) is 0 Å². The molecule has 5 heterocycles. The van der Waals surface area contributed by atoms with Crippen LogP contribution in [0.5, 0.6) is 0 Å². The number of nitrogens with zero attached hydrogens (tertiary/aromatic N) is 4. The fourth-order valence-electron chi connectivity index (χ4n) is 12.0. The van der Waals surface area contributed by atoms with Crippen LogP contribution in [-0.2, 0) is 5.41 Å². The normalized spacial score (nSPS) is 13.2. The quantitative estimate of drug-likeness (QED) is 0.172. The summed E-state index contributed by atoms with van der Waals surface area (Å²) in [5.74, 6) is 1.73. The van der Waals surface area contributed by atoms with Crippen molar-refractivity contribution in [1.29, 1.82) is 0 Å². The van der Waals surface area contributed by atoms with E-state index in [4.69, 9.17) is 23.8 Å². The number of furan rings is 2. The number of rotatable bonds is 5. The first kappa shape index (κ1) is 40.5. The standard InChI is InChI=1S/C66H40N4O2S/c1-66(2)52-22-9-6-16-41(52)48-36-55-50(35-53(48)66)49-32-37(27-30-54(49)70(55)40-14-4-3-5-15-40)38-28-31-57-51(33-38)61-46(20-13-24-58(61)71-57)64-67-63(39-26-29-43-42-17-7-10-23-56(42)72-59(43)34-39)68-65(69-64)47-21-12-19-45-44-18-8-11-25-60(44)73-62(45)47/h3-36H,1-2H3. The Balaban J connectivity index is 0.893. The van der Waals surface area contributed by atoms with Crippen LogP contribution in [0.1, 0.15) is 25.0 Å². The monoisotopic (exact) mass is 952 g/mol. The van der Waals surface area contributed by atoms with E-state index in [0.717, 1.165) is 82.1 Å². The van der Waals surface area contributed by atoms with E-state index >= 15 is 0 Å². The third-order valence-corrected chi connectivity index (χ3v) is 16.7. The van der Waals surface area contributed by atoms with Crippen molar-refractivity contribution in [1.82, 2.24) is 19.5 Å². The fourth-order valence-corrected chi connectivity index (χ4v) is 13.2. The van der Waals surface area contributed by atoms with Gasteiger partial charge in [-0.25, -0.2) is 15.0 Å². The molecule has 0 spiro atoms. The molecule has 7 heteroatoms. The molecule has 1 aliphatic rings. The van der Waals surface area contributed by atoms with Crippen molar-refractivity contribution in [3.8, 4) is 62.1 Å². The van der Waals surface area contributed by atoms with Gasteiger partial charge in [0.05, 0.1) is 11.0 Å². The molecule has 10 aromatic carbocycles. The van der Waals surface area contributed by atoms with Gasteiger partial charge in [-0.2, -0.15) is 0 Å². The molecule has 1 aliphatic carbocycles. The summed E-state index contributed by atoms with van der Waals surface area (Å²) in [5.41, 5.74) is 16.8. The van der Waals surface area contributed by atoms with Gasteiger partial charge >= 0.3 is 0 Å². The molecular formula is C66H40N4O2S. The molecule has 5 aromatic heterocycles. The van der Waals surface area contributed by atoms with Gasteiger partial charge in [-0.15, -0.1) is 11.3 Å². The molecule has 0 amide bonds. The Labute approximate surface area is 422 Å². The lowest BCUT2D eigenvalue weighted by atomic mass is 9.82. The Bertz CT molecular complexity index is 4840. The average Bonchev–Trinajstić information content (AvgIpc) is 4.24. The minimum Gasteiger partial charge on any atom is -0.456 e. The Hall–Kier alpha value is -9.17. The maximum Gasteiger partial charge on any atom is 0.165 e. The summed E-state index contributed by atoms with van der Waals surface area (Å²) < 4.78 is 17.9. The third kappa shape index (κ3) is 5.88. The molecule has 15 aromatic rings. The SMILES string of the molecule is CC1(C)c2ccccc2-c2cc3c(cc21)c1cc(-c2ccc4oc5cccc(-c6nc(-c7ccc8c(c7)oc7ccccc78)nc(-c7cccc8c7sc7ccccc78)n6)c5c4c2)ccc1n3-c1ccccc1. The van der Waals surface area contributed by atoms with Crippen molar-refractivity contribution in [3.63, 3.8) is 0 Å². The Morgan fingerprint density at radius 2 is 1.01 bits per heavy atom. The maximum absolute atomic E-state index is 6.69. The summed E-state index contributed by atoms with van der Waals surface area (Å²) in [4.78, 5) is 16.0. The number of para-hydroxylation sites is 2. The lowest BCUT2D eigenvalue weighted by Crippen LogP contribution is -2.14. The number of fused-ring (bicyclic) bond motifs is 15. The number of aromatic nitrogens is 4. The van der Waals surface area contributed by atoms with Gasteiger partial charge in [0.15, 0.2) is 17.5 Å². The van der Waals surface area contributed by atoms with Crippen LogP contribution >= 0.6 is 11.3 Å². The first-order valence-corrected chi connectivity index (χ1v) is 25.6. The predicted octanol–water partition coefficient (Wildman–Crippen LogP) is 18.1. The molecule has 6 nitrogen and oxygen atoms in total. The summed E-state index contributed by atoms with van der Waals surface area (Å²) in [5, 5.41) is 8.93. The smallest absolute Gasteiger partial charge is 0.165 e.